The summed E-state index contributed by atoms with van der Waals surface area (Å²) >= 11 is 0. The maximum absolute atomic E-state index is 13.3. The average Bonchev–Trinajstić information content (AvgIpc) is 3.34. The number of hydrogen-bond acceptors (Lipinski definition) is 6. The highest BCUT2D eigenvalue weighted by Gasteiger charge is 2.26. The second kappa shape index (κ2) is 8.24. The summed E-state index contributed by atoms with van der Waals surface area (Å²) in [6.07, 6.45) is 3.89. The van der Waals surface area contributed by atoms with Crippen LogP contribution in [0.1, 0.15) is 29.0 Å². The van der Waals surface area contributed by atoms with Crippen LogP contribution in [0.2, 0.25) is 0 Å². The van der Waals surface area contributed by atoms with Crippen molar-refractivity contribution in [1.82, 2.24) is 24.9 Å². The number of benzene rings is 1. The van der Waals surface area contributed by atoms with Crippen molar-refractivity contribution < 1.29 is 13.7 Å². The lowest BCUT2D eigenvalue weighted by atomic mass is 10.1. The number of halogens is 1. The number of nitrogens with two attached hydrogens (primary N) is 1. The van der Waals surface area contributed by atoms with Crippen LogP contribution in [0.25, 0.3) is 11.3 Å². The third-order valence-corrected chi connectivity index (χ3v) is 4.65. The predicted octanol–water partition coefficient (Wildman–Crippen LogP) is 2.64. The van der Waals surface area contributed by atoms with Crippen LogP contribution >= 0.6 is 0 Å². The minimum atomic E-state index is -0.823. The summed E-state index contributed by atoms with van der Waals surface area (Å²) < 4.78 is 20.1. The minimum absolute atomic E-state index is 0.115. The highest BCUT2D eigenvalue weighted by atomic mass is 19.1. The fourth-order valence-corrected chi connectivity index (χ4v) is 3.21. The Morgan fingerprint density at radius 1 is 1.20 bits per heavy atom. The van der Waals surface area contributed by atoms with E-state index < -0.39 is 11.9 Å². The van der Waals surface area contributed by atoms with Gasteiger partial charge < -0.3 is 10.3 Å². The summed E-state index contributed by atoms with van der Waals surface area (Å²) in [6, 6.07) is 10.9. The Labute approximate surface area is 171 Å². The van der Waals surface area contributed by atoms with E-state index in [4.69, 9.17) is 10.3 Å². The van der Waals surface area contributed by atoms with Crippen molar-refractivity contribution in [2.24, 2.45) is 5.73 Å². The maximum atomic E-state index is 13.3. The van der Waals surface area contributed by atoms with Gasteiger partial charge in [0.2, 0.25) is 11.8 Å². The van der Waals surface area contributed by atoms with E-state index in [1.165, 1.54) is 12.1 Å². The number of amides is 1. The molecule has 0 aliphatic carbocycles. The summed E-state index contributed by atoms with van der Waals surface area (Å²) in [5.74, 6) is -0.121. The first-order valence-electron chi connectivity index (χ1n) is 9.31. The van der Waals surface area contributed by atoms with Crippen LogP contribution in [-0.4, -0.2) is 30.8 Å². The van der Waals surface area contributed by atoms with Gasteiger partial charge in [-0.15, -0.1) is 0 Å². The van der Waals surface area contributed by atoms with Crippen LogP contribution in [-0.2, 0) is 17.6 Å². The smallest absolute Gasteiger partial charge is 0.242 e. The SMILES string of the molecule is Cc1noc(CC(C(N)=O)n2nc(-c3ccncc3)cc2Cc2ccc(F)cc2)n1. The van der Waals surface area contributed by atoms with Gasteiger partial charge in [-0.05, 0) is 42.8 Å². The number of hydrogen-bond donors (Lipinski definition) is 1. The van der Waals surface area contributed by atoms with E-state index in [1.807, 2.05) is 18.2 Å². The van der Waals surface area contributed by atoms with Crippen LogP contribution in [0.15, 0.2) is 59.4 Å². The molecule has 0 fully saturated rings. The summed E-state index contributed by atoms with van der Waals surface area (Å²) in [7, 11) is 0. The molecule has 0 saturated heterocycles. The Morgan fingerprint density at radius 2 is 1.93 bits per heavy atom. The zero-order valence-electron chi connectivity index (χ0n) is 16.2. The van der Waals surface area contributed by atoms with Gasteiger partial charge in [-0.2, -0.15) is 10.1 Å². The fraction of sp³-hybridized carbons (Fsp3) is 0.190. The summed E-state index contributed by atoms with van der Waals surface area (Å²) in [4.78, 5) is 20.5. The summed E-state index contributed by atoms with van der Waals surface area (Å²) in [5, 5.41) is 8.41. The van der Waals surface area contributed by atoms with Gasteiger partial charge in [-0.3, -0.25) is 14.5 Å². The van der Waals surface area contributed by atoms with E-state index in [2.05, 4.69) is 20.2 Å². The number of pyridine rings is 1. The van der Waals surface area contributed by atoms with Crippen molar-refractivity contribution in [1.29, 1.82) is 0 Å². The predicted molar refractivity (Wildman–Crippen MR) is 106 cm³/mol. The van der Waals surface area contributed by atoms with E-state index in [9.17, 15) is 9.18 Å². The molecule has 152 valence electrons. The highest BCUT2D eigenvalue weighted by Crippen LogP contribution is 2.25. The molecule has 1 atom stereocenters. The van der Waals surface area contributed by atoms with Gasteiger partial charge in [0.1, 0.15) is 11.9 Å². The molecule has 0 spiro atoms. The minimum Gasteiger partial charge on any atom is -0.368 e. The van der Waals surface area contributed by atoms with Crippen LogP contribution in [0.5, 0.6) is 0 Å². The Morgan fingerprint density at radius 3 is 2.57 bits per heavy atom. The Bertz CT molecular complexity index is 1150. The molecule has 0 aliphatic rings. The normalized spacial score (nSPS) is 12.1. The van der Waals surface area contributed by atoms with Crippen molar-refractivity contribution in [3.05, 3.63) is 83.6 Å². The van der Waals surface area contributed by atoms with E-state index in [1.54, 1.807) is 36.1 Å². The third kappa shape index (κ3) is 4.24. The van der Waals surface area contributed by atoms with Crippen LogP contribution in [0.4, 0.5) is 4.39 Å². The molecule has 4 aromatic rings. The van der Waals surface area contributed by atoms with Gasteiger partial charge in [0.25, 0.3) is 0 Å². The number of rotatable bonds is 7. The molecular formula is C21H19FN6O2. The van der Waals surface area contributed by atoms with Crippen molar-refractivity contribution >= 4 is 5.91 Å². The second-order valence-corrected chi connectivity index (χ2v) is 6.86. The van der Waals surface area contributed by atoms with Gasteiger partial charge in [-0.25, -0.2) is 4.39 Å². The van der Waals surface area contributed by atoms with Gasteiger partial charge in [-0.1, -0.05) is 17.3 Å². The Kier molecular flexibility index (Phi) is 5.34. The number of carbonyl (C=O) groups excluding carboxylic acids is 1. The maximum Gasteiger partial charge on any atom is 0.242 e. The number of aromatic nitrogens is 5. The van der Waals surface area contributed by atoms with Crippen molar-refractivity contribution in [3.63, 3.8) is 0 Å². The Balaban J connectivity index is 1.75. The first kappa shape index (κ1) is 19.4. The van der Waals surface area contributed by atoms with E-state index >= 15 is 0 Å². The lowest BCUT2D eigenvalue weighted by Crippen LogP contribution is -2.30. The average molecular weight is 406 g/mol. The third-order valence-electron chi connectivity index (χ3n) is 4.65. The molecule has 8 nitrogen and oxygen atoms in total. The molecular weight excluding hydrogens is 387 g/mol. The lowest BCUT2D eigenvalue weighted by molar-refractivity contribution is -0.121. The molecule has 3 heterocycles. The second-order valence-electron chi connectivity index (χ2n) is 6.86. The van der Waals surface area contributed by atoms with Crippen molar-refractivity contribution in [2.75, 3.05) is 0 Å². The standard InChI is InChI=1S/C21H19FN6O2/c1-13-25-20(30-27-13)12-19(21(23)29)28-17(10-14-2-4-16(22)5-3-14)11-18(26-28)15-6-8-24-9-7-15/h2-9,11,19H,10,12H2,1H3,(H2,23,29). The summed E-state index contributed by atoms with van der Waals surface area (Å²) in [6.45, 7) is 1.70. The first-order valence-corrected chi connectivity index (χ1v) is 9.31. The highest BCUT2D eigenvalue weighted by molar-refractivity contribution is 5.78. The largest absolute Gasteiger partial charge is 0.368 e. The molecule has 0 saturated carbocycles. The summed E-state index contributed by atoms with van der Waals surface area (Å²) in [5.41, 5.74) is 8.84. The van der Waals surface area contributed by atoms with E-state index in [-0.39, 0.29) is 12.2 Å². The Hall–Kier alpha value is -3.88. The van der Waals surface area contributed by atoms with Crippen LogP contribution in [0.3, 0.4) is 0 Å². The first-order chi connectivity index (χ1) is 14.5. The van der Waals surface area contributed by atoms with Crippen LogP contribution in [0, 0.1) is 12.7 Å². The molecule has 0 bridgehead atoms. The number of primary amides is 1. The topological polar surface area (TPSA) is 113 Å². The van der Waals surface area contributed by atoms with Gasteiger partial charge in [0, 0.05) is 30.1 Å². The molecule has 30 heavy (non-hydrogen) atoms. The molecule has 1 amide bonds. The molecule has 0 aliphatic heterocycles. The number of carbonyl (C=O) groups is 1. The number of aryl methyl sites for hydroxylation is 1. The lowest BCUT2D eigenvalue weighted by Gasteiger charge is -2.15. The zero-order valence-corrected chi connectivity index (χ0v) is 16.2. The molecule has 9 heteroatoms. The van der Waals surface area contributed by atoms with Gasteiger partial charge in [0.15, 0.2) is 5.82 Å². The van der Waals surface area contributed by atoms with Gasteiger partial charge in [0.05, 0.1) is 12.1 Å². The van der Waals surface area contributed by atoms with Crippen LogP contribution < -0.4 is 5.73 Å². The fourth-order valence-electron chi connectivity index (χ4n) is 3.21. The van der Waals surface area contributed by atoms with E-state index in [0.717, 1.165) is 16.8 Å². The van der Waals surface area contributed by atoms with Crippen molar-refractivity contribution in [2.45, 2.75) is 25.8 Å². The molecule has 4 rings (SSSR count). The van der Waals surface area contributed by atoms with Gasteiger partial charge >= 0.3 is 0 Å². The number of nitrogens with zero attached hydrogens (tertiary/aromatic N) is 5. The molecule has 1 aromatic carbocycles. The molecule has 3 aromatic heterocycles. The zero-order chi connectivity index (χ0) is 21.1. The monoisotopic (exact) mass is 406 g/mol. The quantitative estimate of drug-likeness (QED) is 0.505. The molecule has 0 radical (unpaired) electrons. The van der Waals surface area contributed by atoms with Crippen molar-refractivity contribution in [3.8, 4) is 11.3 Å². The molecule has 2 N–H and O–H groups in total. The molecule has 1 unspecified atom stereocenters. The van der Waals surface area contributed by atoms with E-state index in [0.29, 0.717) is 23.8 Å².